The number of carbonyl (C=O) groups excluding carboxylic acids is 2. The summed E-state index contributed by atoms with van der Waals surface area (Å²) in [5.41, 5.74) is -7.13. The Kier molecular flexibility index (Phi) is 6.47. The van der Waals surface area contributed by atoms with Crippen molar-refractivity contribution in [3.63, 3.8) is 0 Å². The maximum Gasteiger partial charge on any atom is 0.307 e. The van der Waals surface area contributed by atoms with E-state index in [1.54, 1.807) is 13.8 Å². The van der Waals surface area contributed by atoms with E-state index in [4.69, 9.17) is 9.47 Å². The molecule has 3 N–H and O–H groups in total. The van der Waals surface area contributed by atoms with Gasteiger partial charge in [-0.2, -0.15) is 0 Å². The minimum absolute atomic E-state index is 0.119. The molecular formula is C25H41NO7. The fourth-order valence-corrected chi connectivity index (χ4v) is 6.93. The molecule has 8 atom stereocenters. The first kappa shape index (κ1) is 26.3. The van der Waals surface area contributed by atoms with Gasteiger partial charge < -0.3 is 29.7 Å². The predicted molar refractivity (Wildman–Crippen MR) is 122 cm³/mol. The van der Waals surface area contributed by atoms with E-state index in [1.807, 2.05) is 32.8 Å². The number of ketones is 1. The van der Waals surface area contributed by atoms with Crippen molar-refractivity contribution in [1.29, 1.82) is 0 Å². The van der Waals surface area contributed by atoms with Crippen LogP contribution in [0.5, 0.6) is 0 Å². The lowest BCUT2D eigenvalue weighted by Crippen LogP contribution is -2.86. The van der Waals surface area contributed by atoms with Crippen molar-refractivity contribution in [2.45, 2.75) is 95.4 Å². The second kappa shape index (κ2) is 8.12. The highest BCUT2D eigenvalue weighted by atomic mass is 16.6. The molecule has 0 bridgehead atoms. The van der Waals surface area contributed by atoms with E-state index < -0.39 is 63.6 Å². The monoisotopic (exact) mass is 467 g/mol. The van der Waals surface area contributed by atoms with Crippen molar-refractivity contribution in [1.82, 2.24) is 4.90 Å². The molecule has 0 amide bonds. The number of hydrogen-bond acceptors (Lipinski definition) is 8. The molecule has 0 aromatic rings. The summed E-state index contributed by atoms with van der Waals surface area (Å²) in [5.74, 6) is -1.70. The van der Waals surface area contributed by atoms with Crippen molar-refractivity contribution in [3.05, 3.63) is 12.7 Å². The number of hydrogen-bond donors (Lipinski definition) is 3. The average Bonchev–Trinajstić information content (AvgIpc) is 2.71. The summed E-state index contributed by atoms with van der Waals surface area (Å²) in [6, 6.07) is 0. The van der Waals surface area contributed by atoms with Crippen LogP contribution in [0.25, 0.3) is 0 Å². The number of fused-ring (bicyclic) bond motifs is 3. The van der Waals surface area contributed by atoms with Crippen LogP contribution in [-0.4, -0.2) is 87.7 Å². The molecule has 0 radical (unpaired) electrons. The smallest absolute Gasteiger partial charge is 0.307 e. The van der Waals surface area contributed by atoms with Crippen LogP contribution in [0.3, 0.4) is 0 Å². The van der Waals surface area contributed by atoms with E-state index in [0.717, 1.165) is 0 Å². The van der Waals surface area contributed by atoms with E-state index in [-0.39, 0.29) is 12.8 Å². The van der Waals surface area contributed by atoms with Gasteiger partial charge in [-0.3, -0.25) is 9.59 Å². The number of rotatable bonds is 5. The Bertz CT molecular complexity index is 828. The van der Waals surface area contributed by atoms with Gasteiger partial charge in [0, 0.05) is 24.3 Å². The summed E-state index contributed by atoms with van der Waals surface area (Å²) in [4.78, 5) is 28.4. The molecule has 2 saturated carbocycles. The predicted octanol–water partition coefficient (Wildman–Crippen LogP) is 1.45. The van der Waals surface area contributed by atoms with Gasteiger partial charge in [0.05, 0.1) is 18.1 Å². The average molecular weight is 468 g/mol. The Hall–Kier alpha value is -1.32. The van der Waals surface area contributed by atoms with Crippen LogP contribution < -0.4 is 0 Å². The molecule has 3 fully saturated rings. The maximum absolute atomic E-state index is 13.7. The van der Waals surface area contributed by atoms with Gasteiger partial charge in [-0.05, 0) is 46.2 Å². The van der Waals surface area contributed by atoms with Crippen LogP contribution in [0.15, 0.2) is 12.7 Å². The summed E-state index contributed by atoms with van der Waals surface area (Å²) < 4.78 is 12.2. The molecule has 0 aromatic heterocycles. The zero-order valence-electron chi connectivity index (χ0n) is 21.1. The highest BCUT2D eigenvalue weighted by Gasteiger charge is 2.81. The lowest BCUT2D eigenvalue weighted by atomic mass is 9.40. The SMILES string of the molecule is C=C[C@@]1(C)CC(=O)[C@@]2(O)[C@](C)(O1)[C@@H](O)[C@@H](OC(=O)CCN(C)C)C1C(C)(C)CC[C@H](O)[C@@]12C. The molecule has 1 aliphatic heterocycles. The molecule has 188 valence electrons. The van der Waals surface area contributed by atoms with E-state index >= 15 is 0 Å². The van der Waals surface area contributed by atoms with Gasteiger partial charge in [0.1, 0.15) is 17.8 Å². The second-order valence-corrected chi connectivity index (χ2v) is 11.8. The quantitative estimate of drug-likeness (QED) is 0.411. The molecule has 0 aromatic carbocycles. The number of carbonyl (C=O) groups is 2. The zero-order chi connectivity index (χ0) is 25.2. The Labute approximate surface area is 196 Å². The van der Waals surface area contributed by atoms with Crippen LogP contribution in [0.4, 0.5) is 0 Å². The van der Waals surface area contributed by atoms with Crippen molar-refractivity contribution < 1.29 is 34.4 Å². The van der Waals surface area contributed by atoms with Gasteiger partial charge in [-0.25, -0.2) is 0 Å². The summed E-state index contributed by atoms with van der Waals surface area (Å²) in [7, 11) is 3.69. The highest BCUT2D eigenvalue weighted by Crippen LogP contribution is 2.67. The fraction of sp³-hybridized carbons (Fsp3) is 0.840. The first-order valence-electron chi connectivity index (χ1n) is 11.8. The largest absolute Gasteiger partial charge is 0.459 e. The molecular weight excluding hydrogens is 426 g/mol. The van der Waals surface area contributed by atoms with Crippen molar-refractivity contribution in [2.75, 3.05) is 20.6 Å². The minimum Gasteiger partial charge on any atom is -0.459 e. The number of ether oxygens (including phenoxy) is 2. The van der Waals surface area contributed by atoms with Crippen LogP contribution in [-0.2, 0) is 19.1 Å². The molecule has 8 nitrogen and oxygen atoms in total. The van der Waals surface area contributed by atoms with Gasteiger partial charge in [0.25, 0.3) is 0 Å². The zero-order valence-corrected chi connectivity index (χ0v) is 21.1. The minimum atomic E-state index is -2.20. The first-order chi connectivity index (χ1) is 15.0. The van der Waals surface area contributed by atoms with Crippen LogP contribution in [0, 0.1) is 16.7 Å². The second-order valence-electron chi connectivity index (χ2n) is 11.8. The van der Waals surface area contributed by atoms with Crippen LogP contribution >= 0.6 is 0 Å². The number of aliphatic hydroxyl groups is 3. The molecule has 2 aliphatic carbocycles. The van der Waals surface area contributed by atoms with Gasteiger partial charge >= 0.3 is 5.97 Å². The molecule has 3 rings (SSSR count). The van der Waals surface area contributed by atoms with Gasteiger partial charge in [-0.1, -0.05) is 26.8 Å². The van der Waals surface area contributed by atoms with Crippen LogP contribution in [0.2, 0.25) is 0 Å². The lowest BCUT2D eigenvalue weighted by molar-refractivity contribution is -0.370. The van der Waals surface area contributed by atoms with Crippen molar-refractivity contribution in [3.8, 4) is 0 Å². The molecule has 8 heteroatoms. The molecule has 33 heavy (non-hydrogen) atoms. The van der Waals surface area contributed by atoms with E-state index in [2.05, 4.69) is 6.58 Å². The van der Waals surface area contributed by atoms with E-state index in [9.17, 15) is 24.9 Å². The Morgan fingerprint density at radius 2 is 1.85 bits per heavy atom. The summed E-state index contributed by atoms with van der Waals surface area (Å²) in [6.07, 6.45) is -1.24. The van der Waals surface area contributed by atoms with Crippen LogP contribution in [0.1, 0.15) is 60.3 Å². The molecule has 0 spiro atoms. The Morgan fingerprint density at radius 3 is 2.39 bits per heavy atom. The normalized spacial score (nSPS) is 46.9. The summed E-state index contributed by atoms with van der Waals surface area (Å²) >= 11 is 0. The van der Waals surface area contributed by atoms with E-state index in [0.29, 0.717) is 19.4 Å². The summed E-state index contributed by atoms with van der Waals surface area (Å²) in [6.45, 7) is 13.0. The standard InChI is InChI=1S/C25H41NO7/c1-9-22(4)14-16(28)25(31)23(5)15(27)10-12-21(2,3)19(23)18(20(30)24(25,6)33-22)32-17(29)11-13-26(7)8/h9,15,18-20,27,30-31H,1,10-14H2,2-8H3/t15-,18-,19?,20-,22-,23-,24+,25-/m0/s1. The highest BCUT2D eigenvalue weighted by molar-refractivity contribution is 5.92. The summed E-state index contributed by atoms with van der Waals surface area (Å²) in [5, 5.41) is 35.2. The molecule has 3 aliphatic rings. The number of nitrogens with zero attached hydrogens (tertiary/aromatic N) is 1. The molecule has 1 unspecified atom stereocenters. The van der Waals surface area contributed by atoms with Gasteiger partial charge in [0.2, 0.25) is 0 Å². The number of aliphatic hydroxyl groups excluding tert-OH is 2. The fourth-order valence-electron chi connectivity index (χ4n) is 6.93. The van der Waals surface area contributed by atoms with Gasteiger partial charge in [0.15, 0.2) is 11.4 Å². The third-order valence-electron chi connectivity index (χ3n) is 8.77. The van der Waals surface area contributed by atoms with Crippen molar-refractivity contribution in [2.24, 2.45) is 16.7 Å². The third-order valence-corrected chi connectivity index (χ3v) is 8.77. The number of Topliss-reactive ketones (excluding diaryl/α,β-unsaturated/α-hetero) is 1. The molecule has 1 heterocycles. The topological polar surface area (TPSA) is 117 Å². The first-order valence-corrected chi connectivity index (χ1v) is 11.8. The Balaban J connectivity index is 2.19. The lowest BCUT2D eigenvalue weighted by Gasteiger charge is -2.71. The number of esters is 1. The van der Waals surface area contributed by atoms with Gasteiger partial charge in [-0.15, -0.1) is 6.58 Å². The van der Waals surface area contributed by atoms with Crippen molar-refractivity contribution >= 4 is 11.8 Å². The van der Waals surface area contributed by atoms with E-state index in [1.165, 1.54) is 13.0 Å². The maximum atomic E-state index is 13.7. The Morgan fingerprint density at radius 1 is 1.24 bits per heavy atom. The third kappa shape index (κ3) is 3.60. The molecule has 1 saturated heterocycles.